The standard InChI is InChI=1S/C26H28N4O2S/c1-33(32)24-4-2-3-21(15-24)25-17-28-30-18-22(16-27-26(25)30)20-7-5-19(6-8-20)9-12-29-13-10-23(31)11-14-29/h2-8,15-18,23,31H,9-14H2,1H3. The summed E-state index contributed by atoms with van der Waals surface area (Å²) in [5.41, 5.74) is 6.10. The predicted molar refractivity (Wildman–Crippen MR) is 132 cm³/mol. The molecule has 1 N–H and O–H groups in total. The van der Waals surface area contributed by atoms with Gasteiger partial charge in [0.25, 0.3) is 0 Å². The van der Waals surface area contributed by atoms with Crippen LogP contribution >= 0.6 is 0 Å². The molecule has 1 saturated heterocycles. The number of aliphatic hydroxyl groups excluding tert-OH is 1. The van der Waals surface area contributed by atoms with Crippen LogP contribution < -0.4 is 0 Å². The molecule has 0 saturated carbocycles. The van der Waals surface area contributed by atoms with E-state index >= 15 is 0 Å². The van der Waals surface area contributed by atoms with Gasteiger partial charge in [0.2, 0.25) is 0 Å². The van der Waals surface area contributed by atoms with Gasteiger partial charge in [0, 0.05) is 49.2 Å². The Morgan fingerprint density at radius 2 is 1.82 bits per heavy atom. The van der Waals surface area contributed by atoms with Crippen molar-refractivity contribution in [2.24, 2.45) is 0 Å². The van der Waals surface area contributed by atoms with Crippen molar-refractivity contribution in [3.8, 4) is 22.3 Å². The molecule has 1 unspecified atom stereocenters. The molecule has 1 fully saturated rings. The van der Waals surface area contributed by atoms with Gasteiger partial charge in [-0.1, -0.05) is 36.4 Å². The highest BCUT2D eigenvalue weighted by atomic mass is 32.2. The number of fused-ring (bicyclic) bond motifs is 1. The van der Waals surface area contributed by atoms with E-state index in [1.807, 2.05) is 42.9 Å². The minimum absolute atomic E-state index is 0.121. The molecule has 0 bridgehead atoms. The number of likely N-dealkylation sites (tertiary alicyclic amines) is 1. The van der Waals surface area contributed by atoms with E-state index in [-0.39, 0.29) is 6.10 Å². The van der Waals surface area contributed by atoms with Crippen molar-refractivity contribution in [1.82, 2.24) is 19.5 Å². The van der Waals surface area contributed by atoms with E-state index in [0.717, 1.165) is 71.7 Å². The molecule has 2 aromatic carbocycles. The maximum absolute atomic E-state index is 11.9. The summed E-state index contributed by atoms with van der Waals surface area (Å²) in [6.07, 6.45) is 10.0. The van der Waals surface area contributed by atoms with Crippen molar-refractivity contribution < 1.29 is 9.66 Å². The van der Waals surface area contributed by atoms with E-state index in [0.29, 0.717) is 0 Å². The number of benzene rings is 2. The van der Waals surface area contributed by atoms with Crippen molar-refractivity contribution in [2.45, 2.75) is 30.3 Å². The minimum Gasteiger partial charge on any atom is -0.612 e. The lowest BCUT2D eigenvalue weighted by Crippen LogP contribution is -2.37. The summed E-state index contributed by atoms with van der Waals surface area (Å²) in [6.45, 7) is 3.00. The lowest BCUT2D eigenvalue weighted by atomic mass is 10.0. The number of aliphatic hydroxyl groups is 1. The lowest BCUT2D eigenvalue weighted by molar-refractivity contribution is 0.0832. The molecule has 0 amide bonds. The first-order valence-corrected chi connectivity index (χ1v) is 12.9. The number of nitrogens with zero attached hydrogens (tertiary/aromatic N) is 4. The van der Waals surface area contributed by atoms with Crippen LogP contribution in [0, 0.1) is 0 Å². The quantitative estimate of drug-likeness (QED) is 0.443. The van der Waals surface area contributed by atoms with Crippen LogP contribution in [0.4, 0.5) is 0 Å². The summed E-state index contributed by atoms with van der Waals surface area (Å²) in [4.78, 5) is 7.92. The SMILES string of the molecule is C[S+]([O-])c1cccc(-c2cnn3cc(-c4ccc(CCN5CCC(O)CC5)cc4)cnc23)c1. The van der Waals surface area contributed by atoms with Crippen LogP contribution in [0.25, 0.3) is 27.9 Å². The van der Waals surface area contributed by atoms with E-state index in [9.17, 15) is 9.66 Å². The topological polar surface area (TPSA) is 76.7 Å². The Kier molecular flexibility index (Phi) is 6.46. The van der Waals surface area contributed by atoms with Crippen LogP contribution in [0.15, 0.2) is 72.0 Å². The van der Waals surface area contributed by atoms with Gasteiger partial charge in [-0.15, -0.1) is 0 Å². The second-order valence-electron chi connectivity index (χ2n) is 8.67. The average Bonchev–Trinajstić information content (AvgIpc) is 3.27. The largest absolute Gasteiger partial charge is 0.612 e. The third-order valence-electron chi connectivity index (χ3n) is 6.39. The third kappa shape index (κ3) is 4.96. The summed E-state index contributed by atoms with van der Waals surface area (Å²) in [5, 5.41) is 14.2. The van der Waals surface area contributed by atoms with Crippen molar-refractivity contribution >= 4 is 16.8 Å². The monoisotopic (exact) mass is 460 g/mol. The normalized spacial score (nSPS) is 16.3. The molecule has 33 heavy (non-hydrogen) atoms. The molecule has 170 valence electrons. The van der Waals surface area contributed by atoms with E-state index in [1.165, 1.54) is 5.56 Å². The van der Waals surface area contributed by atoms with Crippen LogP contribution in [0.1, 0.15) is 18.4 Å². The Balaban J connectivity index is 1.31. The van der Waals surface area contributed by atoms with Crippen molar-refractivity contribution in [3.63, 3.8) is 0 Å². The summed E-state index contributed by atoms with van der Waals surface area (Å²) < 4.78 is 13.7. The Morgan fingerprint density at radius 1 is 1.03 bits per heavy atom. The van der Waals surface area contributed by atoms with Gasteiger partial charge in [-0.3, -0.25) is 0 Å². The molecular weight excluding hydrogens is 432 g/mol. The van der Waals surface area contributed by atoms with Gasteiger partial charge in [0.15, 0.2) is 10.5 Å². The Morgan fingerprint density at radius 3 is 2.58 bits per heavy atom. The molecular formula is C26H28N4O2S. The minimum atomic E-state index is -1.03. The Hall–Kier alpha value is -2.71. The van der Waals surface area contributed by atoms with Crippen LogP contribution in [0.3, 0.4) is 0 Å². The van der Waals surface area contributed by atoms with E-state index in [4.69, 9.17) is 4.98 Å². The van der Waals surface area contributed by atoms with Gasteiger partial charge in [-0.25, -0.2) is 9.50 Å². The first kappa shape index (κ1) is 22.1. The maximum Gasteiger partial charge on any atom is 0.162 e. The summed E-state index contributed by atoms with van der Waals surface area (Å²) in [6, 6.07) is 16.4. The van der Waals surface area contributed by atoms with Crippen LogP contribution in [0.2, 0.25) is 0 Å². The summed E-state index contributed by atoms with van der Waals surface area (Å²) in [7, 11) is 0. The second-order valence-corrected chi connectivity index (χ2v) is 10.1. The van der Waals surface area contributed by atoms with Crippen LogP contribution in [-0.2, 0) is 17.6 Å². The molecule has 4 aromatic rings. The van der Waals surface area contributed by atoms with Gasteiger partial charge in [-0.2, -0.15) is 5.10 Å². The lowest BCUT2D eigenvalue weighted by Gasteiger charge is -2.29. The highest BCUT2D eigenvalue weighted by Gasteiger charge is 2.16. The molecule has 7 heteroatoms. The molecule has 0 spiro atoms. The van der Waals surface area contributed by atoms with Crippen molar-refractivity contribution in [1.29, 1.82) is 0 Å². The third-order valence-corrected chi connectivity index (χ3v) is 7.31. The number of aromatic nitrogens is 3. The van der Waals surface area contributed by atoms with Crippen molar-refractivity contribution in [2.75, 3.05) is 25.9 Å². The van der Waals surface area contributed by atoms with Gasteiger partial charge in [0.1, 0.15) is 6.26 Å². The highest BCUT2D eigenvalue weighted by Crippen LogP contribution is 2.27. The molecule has 2 aromatic heterocycles. The average molecular weight is 461 g/mol. The molecule has 0 radical (unpaired) electrons. The second kappa shape index (κ2) is 9.65. The molecule has 3 heterocycles. The van der Waals surface area contributed by atoms with E-state index < -0.39 is 11.2 Å². The molecule has 1 atom stereocenters. The Bertz CT molecular complexity index is 1230. The zero-order valence-electron chi connectivity index (χ0n) is 18.7. The number of hydrogen-bond donors (Lipinski definition) is 1. The zero-order chi connectivity index (χ0) is 22.8. The summed E-state index contributed by atoms with van der Waals surface area (Å²) in [5.74, 6) is 0. The smallest absolute Gasteiger partial charge is 0.162 e. The fourth-order valence-corrected chi connectivity index (χ4v) is 4.93. The highest BCUT2D eigenvalue weighted by molar-refractivity contribution is 7.90. The number of rotatable bonds is 6. The maximum atomic E-state index is 11.9. The van der Waals surface area contributed by atoms with E-state index in [2.05, 4.69) is 34.3 Å². The predicted octanol–water partition coefficient (Wildman–Crippen LogP) is 3.80. The fourth-order valence-electron chi connectivity index (χ4n) is 4.36. The first-order valence-electron chi connectivity index (χ1n) is 11.3. The Labute approximate surface area is 197 Å². The zero-order valence-corrected chi connectivity index (χ0v) is 19.5. The fraction of sp³-hybridized carbons (Fsp3) is 0.308. The first-order chi connectivity index (χ1) is 16.1. The van der Waals surface area contributed by atoms with E-state index in [1.54, 1.807) is 10.8 Å². The summed E-state index contributed by atoms with van der Waals surface area (Å²) >= 11 is -1.03. The van der Waals surface area contributed by atoms with Crippen molar-refractivity contribution in [3.05, 3.63) is 72.7 Å². The number of hydrogen-bond acceptors (Lipinski definition) is 5. The van der Waals surface area contributed by atoms with Crippen LogP contribution in [0.5, 0.6) is 0 Å². The van der Waals surface area contributed by atoms with Gasteiger partial charge >= 0.3 is 0 Å². The molecule has 1 aliphatic heterocycles. The number of piperidine rings is 1. The molecule has 1 aliphatic rings. The molecule has 6 nitrogen and oxygen atoms in total. The molecule has 5 rings (SSSR count). The van der Waals surface area contributed by atoms with Gasteiger partial charge < -0.3 is 14.6 Å². The van der Waals surface area contributed by atoms with Gasteiger partial charge in [0.05, 0.1) is 12.3 Å². The van der Waals surface area contributed by atoms with Crippen LogP contribution in [-0.4, -0.2) is 61.2 Å². The molecule has 0 aliphatic carbocycles. The van der Waals surface area contributed by atoms with Gasteiger partial charge in [-0.05, 0) is 53.2 Å².